The molecular formula is C13H16BrN3OS. The minimum absolute atomic E-state index is 0.517. The standard InChI is InChI=1S/C13H16BrN3OS/c1-8(2)5-13-16-12(17-18-13)7-19-11-4-3-9(14)6-10(11)15/h3-4,6,8H,5,7,15H2,1-2H3. The molecule has 0 unspecified atom stereocenters. The topological polar surface area (TPSA) is 64.9 Å². The monoisotopic (exact) mass is 341 g/mol. The molecule has 0 aliphatic rings. The van der Waals surface area contributed by atoms with Gasteiger partial charge in [0.05, 0.1) is 5.75 Å². The normalized spacial score (nSPS) is 11.2. The van der Waals surface area contributed by atoms with Crippen LogP contribution in [0.1, 0.15) is 25.6 Å². The van der Waals surface area contributed by atoms with Crippen molar-refractivity contribution >= 4 is 33.4 Å². The number of nitrogen functional groups attached to an aromatic ring is 1. The van der Waals surface area contributed by atoms with Crippen LogP contribution >= 0.6 is 27.7 Å². The van der Waals surface area contributed by atoms with Gasteiger partial charge in [-0.2, -0.15) is 4.98 Å². The van der Waals surface area contributed by atoms with Crippen molar-refractivity contribution in [2.75, 3.05) is 5.73 Å². The molecule has 4 nitrogen and oxygen atoms in total. The summed E-state index contributed by atoms with van der Waals surface area (Å²) in [6.07, 6.45) is 0.818. The summed E-state index contributed by atoms with van der Waals surface area (Å²) in [5, 5.41) is 3.97. The smallest absolute Gasteiger partial charge is 0.226 e. The number of hydrogen-bond acceptors (Lipinski definition) is 5. The molecule has 1 heterocycles. The van der Waals surface area contributed by atoms with Gasteiger partial charge in [0.15, 0.2) is 5.82 Å². The summed E-state index contributed by atoms with van der Waals surface area (Å²) < 4.78 is 6.18. The van der Waals surface area contributed by atoms with Crippen LogP contribution in [-0.2, 0) is 12.2 Å². The van der Waals surface area contributed by atoms with Crippen molar-refractivity contribution in [1.82, 2.24) is 10.1 Å². The van der Waals surface area contributed by atoms with Gasteiger partial charge >= 0.3 is 0 Å². The van der Waals surface area contributed by atoms with E-state index in [2.05, 4.69) is 39.9 Å². The average molecular weight is 342 g/mol. The van der Waals surface area contributed by atoms with E-state index in [9.17, 15) is 0 Å². The van der Waals surface area contributed by atoms with Crippen LogP contribution in [0.2, 0.25) is 0 Å². The molecule has 0 bridgehead atoms. The highest BCUT2D eigenvalue weighted by molar-refractivity contribution is 9.10. The van der Waals surface area contributed by atoms with Gasteiger partial charge in [-0.05, 0) is 24.1 Å². The lowest BCUT2D eigenvalue weighted by molar-refractivity contribution is 0.360. The molecule has 0 aliphatic heterocycles. The Morgan fingerprint density at radius 2 is 2.21 bits per heavy atom. The Balaban J connectivity index is 1.96. The van der Waals surface area contributed by atoms with Crippen molar-refractivity contribution in [3.8, 4) is 0 Å². The Hall–Kier alpha value is -1.01. The van der Waals surface area contributed by atoms with E-state index in [0.29, 0.717) is 23.4 Å². The van der Waals surface area contributed by atoms with Crippen LogP contribution in [0.25, 0.3) is 0 Å². The zero-order valence-electron chi connectivity index (χ0n) is 10.9. The van der Waals surface area contributed by atoms with Crippen LogP contribution in [0.4, 0.5) is 5.69 Å². The number of aromatic nitrogens is 2. The fraction of sp³-hybridized carbons (Fsp3) is 0.385. The molecule has 19 heavy (non-hydrogen) atoms. The molecule has 0 radical (unpaired) electrons. The number of anilines is 1. The molecule has 0 fully saturated rings. The Bertz CT molecular complexity index is 557. The lowest BCUT2D eigenvalue weighted by atomic mass is 10.1. The van der Waals surface area contributed by atoms with Gasteiger partial charge in [0, 0.05) is 21.5 Å². The molecule has 1 aromatic carbocycles. The van der Waals surface area contributed by atoms with E-state index in [1.54, 1.807) is 11.8 Å². The van der Waals surface area contributed by atoms with Crippen LogP contribution in [0.15, 0.2) is 32.1 Å². The van der Waals surface area contributed by atoms with Gasteiger partial charge < -0.3 is 10.3 Å². The van der Waals surface area contributed by atoms with Crippen LogP contribution < -0.4 is 5.73 Å². The molecule has 1 aromatic heterocycles. The molecule has 0 saturated carbocycles. The van der Waals surface area contributed by atoms with Gasteiger partial charge in [0.25, 0.3) is 0 Å². The van der Waals surface area contributed by atoms with Crippen molar-refractivity contribution in [3.05, 3.63) is 34.4 Å². The van der Waals surface area contributed by atoms with Crippen LogP contribution in [-0.4, -0.2) is 10.1 Å². The zero-order chi connectivity index (χ0) is 13.8. The largest absolute Gasteiger partial charge is 0.398 e. The number of halogens is 1. The molecule has 0 spiro atoms. The SMILES string of the molecule is CC(C)Cc1nc(CSc2ccc(Br)cc2N)no1. The summed E-state index contributed by atoms with van der Waals surface area (Å²) in [5.74, 6) is 2.59. The van der Waals surface area contributed by atoms with Crippen molar-refractivity contribution in [1.29, 1.82) is 0 Å². The van der Waals surface area contributed by atoms with Crippen molar-refractivity contribution < 1.29 is 4.52 Å². The second kappa shape index (κ2) is 6.43. The third-order valence-electron chi connectivity index (χ3n) is 2.42. The first-order valence-electron chi connectivity index (χ1n) is 6.04. The fourth-order valence-corrected chi connectivity index (χ4v) is 2.74. The predicted molar refractivity (Wildman–Crippen MR) is 81.0 cm³/mol. The van der Waals surface area contributed by atoms with Gasteiger partial charge in [0.1, 0.15) is 0 Å². The first-order valence-corrected chi connectivity index (χ1v) is 7.81. The van der Waals surface area contributed by atoms with E-state index in [4.69, 9.17) is 10.3 Å². The predicted octanol–water partition coefficient (Wildman–Crippen LogP) is 3.91. The second-order valence-electron chi connectivity index (χ2n) is 4.67. The van der Waals surface area contributed by atoms with Gasteiger partial charge in [-0.3, -0.25) is 0 Å². The van der Waals surface area contributed by atoms with Crippen LogP contribution in [0.3, 0.4) is 0 Å². The molecule has 2 rings (SSSR count). The average Bonchev–Trinajstić information content (AvgIpc) is 2.74. The summed E-state index contributed by atoms with van der Waals surface area (Å²) in [5.41, 5.74) is 6.70. The van der Waals surface area contributed by atoms with Gasteiger partial charge in [-0.25, -0.2) is 0 Å². The highest BCUT2D eigenvalue weighted by Gasteiger charge is 2.09. The van der Waals surface area contributed by atoms with Gasteiger partial charge in [0.2, 0.25) is 5.89 Å². The minimum Gasteiger partial charge on any atom is -0.398 e. The lowest BCUT2D eigenvalue weighted by Gasteiger charge is -2.03. The van der Waals surface area contributed by atoms with E-state index in [-0.39, 0.29) is 0 Å². The van der Waals surface area contributed by atoms with Crippen molar-refractivity contribution in [2.24, 2.45) is 5.92 Å². The lowest BCUT2D eigenvalue weighted by Crippen LogP contribution is -1.94. The number of hydrogen-bond donors (Lipinski definition) is 1. The third-order valence-corrected chi connectivity index (χ3v) is 4.00. The second-order valence-corrected chi connectivity index (χ2v) is 6.61. The molecule has 0 atom stereocenters. The van der Waals surface area contributed by atoms with Crippen molar-refractivity contribution in [3.63, 3.8) is 0 Å². The Morgan fingerprint density at radius 1 is 1.42 bits per heavy atom. The van der Waals surface area contributed by atoms with Crippen molar-refractivity contribution in [2.45, 2.75) is 30.9 Å². The van der Waals surface area contributed by atoms with E-state index < -0.39 is 0 Å². The van der Waals surface area contributed by atoms with E-state index in [0.717, 1.165) is 21.5 Å². The van der Waals surface area contributed by atoms with E-state index >= 15 is 0 Å². The maximum Gasteiger partial charge on any atom is 0.226 e. The molecule has 0 aliphatic carbocycles. The molecule has 2 N–H and O–H groups in total. The highest BCUT2D eigenvalue weighted by atomic mass is 79.9. The molecule has 102 valence electrons. The summed E-state index contributed by atoms with van der Waals surface area (Å²) in [4.78, 5) is 5.39. The van der Waals surface area contributed by atoms with Gasteiger partial charge in [-0.15, -0.1) is 11.8 Å². The number of thioether (sulfide) groups is 1. The van der Waals surface area contributed by atoms with Crippen LogP contribution in [0, 0.1) is 5.92 Å². The summed E-state index contributed by atoms with van der Waals surface area (Å²) in [6.45, 7) is 4.25. The van der Waals surface area contributed by atoms with E-state index in [1.165, 1.54) is 0 Å². The molecule has 2 aromatic rings. The first-order chi connectivity index (χ1) is 9.04. The fourth-order valence-electron chi connectivity index (χ4n) is 1.57. The first kappa shape index (κ1) is 14.4. The molecule has 6 heteroatoms. The van der Waals surface area contributed by atoms with Crippen LogP contribution in [0.5, 0.6) is 0 Å². The number of nitrogens with zero attached hydrogens (tertiary/aromatic N) is 2. The molecular weight excluding hydrogens is 326 g/mol. The Morgan fingerprint density at radius 3 is 2.89 bits per heavy atom. The number of benzene rings is 1. The zero-order valence-corrected chi connectivity index (χ0v) is 13.3. The summed E-state index contributed by atoms with van der Waals surface area (Å²) in [7, 11) is 0. The highest BCUT2D eigenvalue weighted by Crippen LogP contribution is 2.29. The molecule has 0 amide bonds. The van der Waals surface area contributed by atoms with Gasteiger partial charge in [-0.1, -0.05) is 34.9 Å². The number of nitrogens with two attached hydrogens (primary N) is 1. The quantitative estimate of drug-likeness (QED) is 0.659. The molecule has 0 saturated heterocycles. The summed E-state index contributed by atoms with van der Waals surface area (Å²) >= 11 is 5.00. The maximum atomic E-state index is 5.94. The maximum absolute atomic E-state index is 5.94. The number of rotatable bonds is 5. The third kappa shape index (κ3) is 4.24. The Kier molecular flexibility index (Phi) is 4.87. The Labute approximate surface area is 125 Å². The minimum atomic E-state index is 0.517. The van der Waals surface area contributed by atoms with E-state index in [1.807, 2.05) is 18.2 Å². The summed E-state index contributed by atoms with van der Waals surface area (Å²) in [6, 6.07) is 5.85.